The lowest BCUT2D eigenvalue weighted by Gasteiger charge is -2.27. The van der Waals surface area contributed by atoms with Crippen LogP contribution in [0.4, 0.5) is 10.1 Å². The highest BCUT2D eigenvalue weighted by atomic mass is 32.1. The van der Waals surface area contributed by atoms with Crippen molar-refractivity contribution in [1.29, 1.82) is 0 Å². The first-order chi connectivity index (χ1) is 10.0. The van der Waals surface area contributed by atoms with Crippen LogP contribution in [0.1, 0.15) is 23.5 Å². The number of fused-ring (bicyclic) bond motifs is 1. The fourth-order valence-electron chi connectivity index (χ4n) is 2.41. The monoisotopic (exact) mass is 310 g/mol. The van der Waals surface area contributed by atoms with Crippen molar-refractivity contribution in [2.75, 3.05) is 26.0 Å². The largest absolute Gasteiger partial charge is 0.397 e. The molecule has 21 heavy (non-hydrogen) atoms. The number of benzene rings is 1. The van der Waals surface area contributed by atoms with Crippen LogP contribution in [0.25, 0.3) is 10.1 Å². The summed E-state index contributed by atoms with van der Waals surface area (Å²) in [6, 6.07) is 4.67. The van der Waals surface area contributed by atoms with Crippen LogP contribution in [0.2, 0.25) is 0 Å². The summed E-state index contributed by atoms with van der Waals surface area (Å²) in [4.78, 5) is 14.7. The van der Waals surface area contributed by atoms with E-state index in [1.54, 1.807) is 24.1 Å². The van der Waals surface area contributed by atoms with Crippen LogP contribution in [-0.2, 0) is 4.74 Å². The molecule has 1 unspecified atom stereocenters. The van der Waals surface area contributed by atoms with E-state index in [4.69, 9.17) is 10.5 Å². The molecular weight excluding hydrogens is 291 g/mol. The number of nitrogen functional groups attached to an aromatic ring is 1. The zero-order valence-electron chi connectivity index (χ0n) is 12.4. The minimum absolute atomic E-state index is 0.0676. The number of hydrogen-bond acceptors (Lipinski definition) is 4. The molecule has 0 saturated heterocycles. The number of ether oxygens (including phenoxy) is 1. The summed E-state index contributed by atoms with van der Waals surface area (Å²) in [7, 11) is 1.60. The molecule has 2 aromatic rings. The smallest absolute Gasteiger partial charge is 0.266 e. The van der Waals surface area contributed by atoms with E-state index in [9.17, 15) is 9.18 Å². The molecule has 1 aromatic carbocycles. The van der Waals surface area contributed by atoms with E-state index >= 15 is 0 Å². The molecule has 114 valence electrons. The quantitative estimate of drug-likeness (QED) is 0.923. The molecular formula is C15H19FN2O2S. The van der Waals surface area contributed by atoms with Crippen LogP contribution in [0, 0.1) is 5.82 Å². The lowest BCUT2D eigenvalue weighted by molar-refractivity contribution is 0.0585. The Morgan fingerprint density at radius 3 is 2.81 bits per heavy atom. The van der Waals surface area contributed by atoms with Crippen LogP contribution in [0.15, 0.2) is 18.2 Å². The molecule has 1 atom stereocenters. The Balaban J connectivity index is 2.43. The third-order valence-corrected chi connectivity index (χ3v) is 4.60. The fourth-order valence-corrected chi connectivity index (χ4v) is 3.50. The zero-order valence-corrected chi connectivity index (χ0v) is 13.2. The predicted octanol–water partition coefficient (Wildman–Crippen LogP) is 3.12. The van der Waals surface area contributed by atoms with Gasteiger partial charge in [-0.3, -0.25) is 4.79 Å². The first-order valence-corrected chi connectivity index (χ1v) is 7.59. The molecule has 0 radical (unpaired) electrons. The molecule has 0 aliphatic heterocycles. The Morgan fingerprint density at radius 1 is 1.52 bits per heavy atom. The lowest BCUT2D eigenvalue weighted by atomic mass is 10.2. The van der Waals surface area contributed by atoms with Crippen molar-refractivity contribution < 1.29 is 13.9 Å². The van der Waals surface area contributed by atoms with Gasteiger partial charge in [0.15, 0.2) is 0 Å². The second kappa shape index (κ2) is 6.41. The summed E-state index contributed by atoms with van der Waals surface area (Å²) >= 11 is 1.23. The van der Waals surface area contributed by atoms with Gasteiger partial charge in [0.2, 0.25) is 0 Å². The van der Waals surface area contributed by atoms with Crippen molar-refractivity contribution in [3.63, 3.8) is 0 Å². The van der Waals surface area contributed by atoms with E-state index in [-0.39, 0.29) is 17.6 Å². The maximum Gasteiger partial charge on any atom is 0.266 e. The summed E-state index contributed by atoms with van der Waals surface area (Å²) in [5, 5.41) is 0.335. The van der Waals surface area contributed by atoms with Gasteiger partial charge in [0.1, 0.15) is 10.7 Å². The number of hydrogen-bond donors (Lipinski definition) is 1. The first kappa shape index (κ1) is 15.7. The predicted molar refractivity (Wildman–Crippen MR) is 84.2 cm³/mol. The van der Waals surface area contributed by atoms with Gasteiger partial charge in [0.25, 0.3) is 5.91 Å². The lowest BCUT2D eigenvalue weighted by Crippen LogP contribution is -2.40. The van der Waals surface area contributed by atoms with Gasteiger partial charge in [-0.2, -0.15) is 0 Å². The second-order valence-electron chi connectivity index (χ2n) is 4.85. The van der Waals surface area contributed by atoms with Crippen molar-refractivity contribution >= 4 is 33.0 Å². The van der Waals surface area contributed by atoms with Gasteiger partial charge in [-0.25, -0.2) is 4.39 Å². The average molecular weight is 310 g/mol. The number of carbonyl (C=O) groups is 1. The van der Waals surface area contributed by atoms with Crippen LogP contribution in [-0.4, -0.2) is 37.1 Å². The minimum Gasteiger partial charge on any atom is -0.397 e. The van der Waals surface area contributed by atoms with E-state index in [1.807, 2.05) is 13.8 Å². The van der Waals surface area contributed by atoms with E-state index in [0.717, 1.165) is 0 Å². The Morgan fingerprint density at radius 2 is 2.24 bits per heavy atom. The van der Waals surface area contributed by atoms with Gasteiger partial charge in [-0.1, -0.05) is 6.07 Å². The number of carbonyl (C=O) groups excluding carboxylic acids is 1. The Kier molecular flexibility index (Phi) is 4.80. The van der Waals surface area contributed by atoms with E-state index in [2.05, 4.69) is 0 Å². The summed E-state index contributed by atoms with van der Waals surface area (Å²) in [5.41, 5.74) is 6.22. The standard InChI is InChI=1S/C15H19FN2O2S/c1-4-18(9(2)8-20-3)15(19)14-13(17)12-10(16)6-5-7-11(12)21-14/h5-7,9H,4,8,17H2,1-3H3. The van der Waals surface area contributed by atoms with Gasteiger partial charge in [0, 0.05) is 18.4 Å². The Labute approximate surface area is 127 Å². The van der Waals surface area contributed by atoms with Crippen LogP contribution >= 0.6 is 11.3 Å². The number of halogens is 1. The molecule has 2 rings (SSSR count). The van der Waals surface area contributed by atoms with E-state index < -0.39 is 5.82 Å². The Bertz CT molecular complexity index is 656. The first-order valence-electron chi connectivity index (χ1n) is 6.77. The average Bonchev–Trinajstić information content (AvgIpc) is 2.78. The zero-order chi connectivity index (χ0) is 15.6. The number of thiophene rings is 1. The number of anilines is 1. The van der Waals surface area contributed by atoms with Crippen molar-refractivity contribution in [2.24, 2.45) is 0 Å². The van der Waals surface area contributed by atoms with Gasteiger partial charge in [0.05, 0.1) is 23.7 Å². The minimum atomic E-state index is -0.395. The molecule has 1 heterocycles. The van der Waals surface area contributed by atoms with Crippen LogP contribution in [0.5, 0.6) is 0 Å². The van der Waals surface area contributed by atoms with Gasteiger partial charge in [-0.15, -0.1) is 11.3 Å². The molecule has 0 aliphatic carbocycles. The number of nitrogens with zero attached hydrogens (tertiary/aromatic N) is 1. The fraction of sp³-hybridized carbons (Fsp3) is 0.400. The SMILES string of the molecule is CCN(C(=O)c1sc2cccc(F)c2c1N)C(C)COC. The van der Waals surface area contributed by atoms with Crippen molar-refractivity contribution in [2.45, 2.75) is 19.9 Å². The third-order valence-electron chi connectivity index (χ3n) is 3.44. The van der Waals surface area contributed by atoms with Gasteiger partial charge < -0.3 is 15.4 Å². The summed E-state index contributed by atoms with van der Waals surface area (Å²) in [6.45, 7) is 4.79. The number of nitrogens with two attached hydrogens (primary N) is 1. The Hall–Kier alpha value is -1.66. The maximum absolute atomic E-state index is 13.9. The van der Waals surface area contributed by atoms with Gasteiger partial charge in [-0.05, 0) is 26.0 Å². The normalized spacial score (nSPS) is 12.6. The highest BCUT2D eigenvalue weighted by Crippen LogP contribution is 2.36. The van der Waals surface area contributed by atoms with Crippen LogP contribution in [0.3, 0.4) is 0 Å². The van der Waals surface area contributed by atoms with Crippen molar-refractivity contribution in [1.82, 2.24) is 4.90 Å². The van der Waals surface area contributed by atoms with E-state index in [1.165, 1.54) is 17.4 Å². The van der Waals surface area contributed by atoms with Gasteiger partial charge >= 0.3 is 0 Å². The molecule has 0 bridgehead atoms. The molecule has 1 aromatic heterocycles. The number of rotatable bonds is 5. The number of likely N-dealkylation sites (N-methyl/N-ethyl adjacent to an activating group) is 1. The van der Waals surface area contributed by atoms with Crippen molar-refractivity contribution in [3.8, 4) is 0 Å². The molecule has 1 amide bonds. The summed E-state index contributed by atoms with van der Waals surface area (Å²) in [6.07, 6.45) is 0. The summed E-state index contributed by atoms with van der Waals surface area (Å²) in [5.74, 6) is -0.576. The maximum atomic E-state index is 13.9. The molecule has 0 fully saturated rings. The van der Waals surface area contributed by atoms with E-state index in [0.29, 0.717) is 28.1 Å². The highest BCUT2D eigenvalue weighted by molar-refractivity contribution is 7.21. The number of methoxy groups -OCH3 is 1. The second-order valence-corrected chi connectivity index (χ2v) is 5.91. The van der Waals surface area contributed by atoms with Crippen molar-refractivity contribution in [3.05, 3.63) is 28.9 Å². The molecule has 4 nitrogen and oxygen atoms in total. The molecule has 0 spiro atoms. The molecule has 0 aliphatic rings. The highest BCUT2D eigenvalue weighted by Gasteiger charge is 2.25. The summed E-state index contributed by atoms with van der Waals surface area (Å²) < 4.78 is 19.7. The molecule has 6 heteroatoms. The molecule has 0 saturated carbocycles. The van der Waals surface area contributed by atoms with Crippen LogP contribution < -0.4 is 5.73 Å². The molecule has 2 N–H and O–H groups in total. The topological polar surface area (TPSA) is 55.6 Å². The number of amides is 1. The third kappa shape index (κ3) is 2.87.